The summed E-state index contributed by atoms with van der Waals surface area (Å²) in [5, 5.41) is 8.07. The first-order chi connectivity index (χ1) is 7.71. The van der Waals surface area contributed by atoms with Gasteiger partial charge in [0, 0.05) is 24.9 Å². The van der Waals surface area contributed by atoms with Crippen LogP contribution in [0.2, 0.25) is 0 Å². The Kier molecular flexibility index (Phi) is 5.91. The van der Waals surface area contributed by atoms with Crippen molar-refractivity contribution in [2.45, 2.75) is 46.3 Å². The van der Waals surface area contributed by atoms with Crippen LogP contribution in [-0.4, -0.2) is 27.8 Å². The van der Waals surface area contributed by atoms with Crippen LogP contribution in [-0.2, 0) is 19.5 Å². The van der Waals surface area contributed by atoms with E-state index < -0.39 is 0 Å². The molecule has 1 atom stereocenters. The first kappa shape index (κ1) is 13.6. The van der Waals surface area contributed by atoms with Crippen molar-refractivity contribution < 1.29 is 0 Å². The van der Waals surface area contributed by atoms with Crippen LogP contribution in [0.4, 0.5) is 0 Å². The van der Waals surface area contributed by atoms with E-state index in [1.807, 2.05) is 11.8 Å². The van der Waals surface area contributed by atoms with Crippen LogP contribution >= 0.6 is 11.8 Å². The summed E-state index contributed by atoms with van der Waals surface area (Å²) in [7, 11) is 0. The van der Waals surface area contributed by atoms with Gasteiger partial charge in [0.1, 0.15) is 0 Å². The van der Waals surface area contributed by atoms with Crippen molar-refractivity contribution in [3.8, 4) is 0 Å². The number of nitrogens with zero attached hydrogens (tertiary/aromatic N) is 2. The van der Waals surface area contributed by atoms with Gasteiger partial charge < -0.3 is 5.32 Å². The molecule has 0 spiro atoms. The van der Waals surface area contributed by atoms with E-state index in [1.165, 1.54) is 11.4 Å². The molecule has 1 unspecified atom stereocenters. The maximum atomic E-state index is 4.54. The van der Waals surface area contributed by atoms with Crippen LogP contribution in [0, 0.1) is 0 Å². The van der Waals surface area contributed by atoms with Gasteiger partial charge in [-0.25, -0.2) is 0 Å². The number of hydrogen-bond acceptors (Lipinski definition) is 3. The fourth-order valence-electron chi connectivity index (χ4n) is 1.69. The molecule has 0 aliphatic carbocycles. The molecule has 0 amide bonds. The van der Waals surface area contributed by atoms with Gasteiger partial charge in [0.15, 0.2) is 0 Å². The summed E-state index contributed by atoms with van der Waals surface area (Å²) < 4.78 is 2.09. The van der Waals surface area contributed by atoms with E-state index in [2.05, 4.69) is 48.2 Å². The Morgan fingerprint density at radius 3 is 2.81 bits per heavy atom. The van der Waals surface area contributed by atoms with Crippen LogP contribution in [0.5, 0.6) is 0 Å². The van der Waals surface area contributed by atoms with Gasteiger partial charge in [-0.1, -0.05) is 6.92 Å². The van der Waals surface area contributed by atoms with Crippen molar-refractivity contribution in [3.05, 3.63) is 17.5 Å². The molecule has 0 fully saturated rings. The van der Waals surface area contributed by atoms with E-state index in [-0.39, 0.29) is 0 Å². The fourth-order valence-corrected chi connectivity index (χ4v) is 2.31. The summed E-state index contributed by atoms with van der Waals surface area (Å²) in [4.78, 5) is 0. The second kappa shape index (κ2) is 6.97. The molecule has 16 heavy (non-hydrogen) atoms. The van der Waals surface area contributed by atoms with Crippen LogP contribution in [0.15, 0.2) is 6.07 Å². The number of nitrogens with one attached hydrogen (secondary N) is 1. The molecular formula is C12H23N3S. The predicted octanol–water partition coefficient (Wildman–Crippen LogP) is 2.31. The zero-order valence-electron chi connectivity index (χ0n) is 10.8. The largest absolute Gasteiger partial charge is 0.308 e. The molecule has 0 aliphatic rings. The predicted molar refractivity (Wildman–Crippen MR) is 72.0 cm³/mol. The number of thioether (sulfide) groups is 1. The molecule has 1 aromatic heterocycles. The van der Waals surface area contributed by atoms with Crippen LogP contribution in [0.1, 0.15) is 32.2 Å². The summed E-state index contributed by atoms with van der Waals surface area (Å²) in [5.41, 5.74) is 2.49. The normalized spacial score (nSPS) is 13.0. The van der Waals surface area contributed by atoms with E-state index in [0.717, 1.165) is 25.3 Å². The number of aromatic nitrogens is 2. The zero-order valence-corrected chi connectivity index (χ0v) is 11.6. The van der Waals surface area contributed by atoms with Gasteiger partial charge in [-0.2, -0.15) is 16.9 Å². The maximum Gasteiger partial charge on any atom is 0.0625 e. The number of hydrogen-bond donors (Lipinski definition) is 1. The SMILES string of the molecule is CCc1cc(CNC(C)CSC)n(CC)n1. The minimum absolute atomic E-state index is 0.556. The van der Waals surface area contributed by atoms with E-state index in [9.17, 15) is 0 Å². The van der Waals surface area contributed by atoms with Crippen molar-refractivity contribution in [2.75, 3.05) is 12.0 Å². The summed E-state index contributed by atoms with van der Waals surface area (Å²) in [6.07, 6.45) is 3.16. The monoisotopic (exact) mass is 241 g/mol. The average molecular weight is 241 g/mol. The van der Waals surface area contributed by atoms with Gasteiger partial charge >= 0.3 is 0 Å². The molecule has 3 nitrogen and oxygen atoms in total. The topological polar surface area (TPSA) is 29.9 Å². The highest BCUT2D eigenvalue weighted by Gasteiger charge is 2.06. The van der Waals surface area contributed by atoms with Crippen molar-refractivity contribution >= 4 is 11.8 Å². The third-order valence-electron chi connectivity index (χ3n) is 2.62. The smallest absolute Gasteiger partial charge is 0.0625 e. The standard InChI is InChI=1S/C12H23N3S/c1-5-11-7-12(15(6-2)14-11)8-13-10(3)9-16-4/h7,10,13H,5-6,8-9H2,1-4H3. The Morgan fingerprint density at radius 1 is 1.50 bits per heavy atom. The van der Waals surface area contributed by atoms with E-state index >= 15 is 0 Å². The zero-order chi connectivity index (χ0) is 12.0. The summed E-state index contributed by atoms with van der Waals surface area (Å²) in [6, 6.07) is 2.77. The minimum atomic E-state index is 0.556. The van der Waals surface area contributed by atoms with Crippen molar-refractivity contribution in [2.24, 2.45) is 0 Å². The third-order valence-corrected chi connectivity index (χ3v) is 3.46. The first-order valence-corrected chi connectivity index (χ1v) is 7.38. The van der Waals surface area contributed by atoms with Crippen molar-refractivity contribution in [3.63, 3.8) is 0 Å². The molecule has 0 aliphatic heterocycles. The lowest BCUT2D eigenvalue weighted by Crippen LogP contribution is -2.28. The summed E-state index contributed by atoms with van der Waals surface area (Å²) in [6.45, 7) is 8.39. The molecule has 1 N–H and O–H groups in total. The Bertz CT molecular complexity index is 309. The van der Waals surface area contributed by atoms with Gasteiger partial charge in [-0.15, -0.1) is 0 Å². The van der Waals surface area contributed by atoms with Crippen LogP contribution in [0.3, 0.4) is 0 Å². The molecule has 1 rings (SSSR count). The summed E-state index contributed by atoms with van der Waals surface area (Å²) in [5.74, 6) is 1.15. The third kappa shape index (κ3) is 3.83. The van der Waals surface area contributed by atoms with E-state index in [4.69, 9.17) is 0 Å². The Morgan fingerprint density at radius 2 is 2.25 bits per heavy atom. The molecule has 0 radical (unpaired) electrons. The van der Waals surface area contributed by atoms with Gasteiger partial charge in [0.05, 0.1) is 11.4 Å². The van der Waals surface area contributed by atoms with Crippen molar-refractivity contribution in [1.82, 2.24) is 15.1 Å². The number of aryl methyl sites for hydroxylation is 2. The van der Waals surface area contributed by atoms with Gasteiger partial charge in [-0.3, -0.25) is 4.68 Å². The molecular weight excluding hydrogens is 218 g/mol. The van der Waals surface area contributed by atoms with Gasteiger partial charge in [-0.05, 0) is 32.6 Å². The van der Waals surface area contributed by atoms with E-state index in [1.54, 1.807) is 0 Å². The lowest BCUT2D eigenvalue weighted by atomic mass is 10.3. The van der Waals surface area contributed by atoms with Gasteiger partial charge in [0.2, 0.25) is 0 Å². The Hall–Kier alpha value is -0.480. The van der Waals surface area contributed by atoms with Crippen LogP contribution in [0.25, 0.3) is 0 Å². The van der Waals surface area contributed by atoms with E-state index in [0.29, 0.717) is 6.04 Å². The molecule has 0 aromatic carbocycles. The average Bonchev–Trinajstić information content (AvgIpc) is 2.69. The van der Waals surface area contributed by atoms with Crippen LogP contribution < -0.4 is 5.32 Å². The summed E-state index contributed by atoms with van der Waals surface area (Å²) >= 11 is 1.88. The molecule has 0 bridgehead atoms. The van der Waals surface area contributed by atoms with Gasteiger partial charge in [0.25, 0.3) is 0 Å². The highest BCUT2D eigenvalue weighted by molar-refractivity contribution is 7.98. The molecule has 1 heterocycles. The lowest BCUT2D eigenvalue weighted by molar-refractivity contribution is 0.543. The Balaban J connectivity index is 2.54. The first-order valence-electron chi connectivity index (χ1n) is 5.99. The quantitative estimate of drug-likeness (QED) is 0.794. The lowest BCUT2D eigenvalue weighted by Gasteiger charge is -2.12. The highest BCUT2D eigenvalue weighted by atomic mass is 32.2. The maximum absolute atomic E-state index is 4.54. The molecule has 92 valence electrons. The van der Waals surface area contributed by atoms with Crippen molar-refractivity contribution in [1.29, 1.82) is 0 Å². The second-order valence-electron chi connectivity index (χ2n) is 4.03. The highest BCUT2D eigenvalue weighted by Crippen LogP contribution is 2.06. The molecule has 1 aromatic rings. The fraction of sp³-hybridized carbons (Fsp3) is 0.750. The molecule has 4 heteroatoms. The minimum Gasteiger partial charge on any atom is -0.308 e. The number of rotatable bonds is 7. The Labute approximate surface area is 103 Å². The molecule has 0 saturated heterocycles. The molecule has 0 saturated carbocycles. The second-order valence-corrected chi connectivity index (χ2v) is 4.94.